The Kier molecular flexibility index (Phi) is 11.3. The molecule has 8 nitrogen and oxygen atoms in total. The molecule has 0 aliphatic carbocycles. The number of ether oxygens (including phenoxy) is 1. The SMILES string of the molecule is CCCCNC(=O)[C@H](C)C[C@H](O)[C@@H](N)CC(C)(C)CC(=O)N1CC(OC(=O)c2ccccc2)Cc2ccccc21. The number of rotatable bonds is 13. The number of carbonyl (C=O) groups is 3. The fourth-order valence-electron chi connectivity index (χ4n) is 5.23. The molecule has 2 aromatic rings. The minimum absolute atomic E-state index is 0.0829. The number of amides is 2. The highest BCUT2D eigenvalue weighted by Crippen LogP contribution is 2.33. The number of anilines is 1. The largest absolute Gasteiger partial charge is 0.457 e. The number of hydrogen-bond donors (Lipinski definition) is 3. The number of unbranched alkanes of at least 4 members (excludes halogenated alkanes) is 1. The highest BCUT2D eigenvalue weighted by Gasteiger charge is 2.35. The molecular formula is C32H45N3O5. The van der Waals surface area contributed by atoms with Gasteiger partial charge in [0.2, 0.25) is 11.8 Å². The van der Waals surface area contributed by atoms with Crippen molar-refractivity contribution in [3.05, 3.63) is 65.7 Å². The molecule has 4 N–H and O–H groups in total. The van der Waals surface area contributed by atoms with Gasteiger partial charge in [-0.25, -0.2) is 4.79 Å². The number of nitrogens with zero attached hydrogens (tertiary/aromatic N) is 1. The molecule has 0 aromatic heterocycles. The number of carbonyl (C=O) groups excluding carboxylic acids is 3. The number of nitrogens with two attached hydrogens (primary N) is 1. The number of aliphatic hydroxyl groups is 1. The van der Waals surface area contributed by atoms with Gasteiger partial charge < -0.3 is 25.8 Å². The van der Waals surface area contributed by atoms with E-state index in [4.69, 9.17) is 10.5 Å². The number of fused-ring (bicyclic) bond motifs is 1. The molecule has 1 heterocycles. The van der Waals surface area contributed by atoms with Gasteiger partial charge in [-0.1, -0.05) is 70.5 Å². The lowest BCUT2D eigenvalue weighted by molar-refractivity contribution is -0.125. The predicted molar refractivity (Wildman–Crippen MR) is 157 cm³/mol. The predicted octanol–water partition coefficient (Wildman–Crippen LogP) is 4.24. The van der Waals surface area contributed by atoms with Crippen LogP contribution in [0, 0.1) is 11.3 Å². The smallest absolute Gasteiger partial charge is 0.338 e. The van der Waals surface area contributed by atoms with Crippen LogP contribution in [-0.4, -0.2) is 54.2 Å². The van der Waals surface area contributed by atoms with Crippen molar-refractivity contribution in [3.63, 3.8) is 0 Å². The third-order valence-electron chi connectivity index (χ3n) is 7.48. The molecule has 0 spiro atoms. The summed E-state index contributed by atoms with van der Waals surface area (Å²) in [6, 6.07) is 15.9. The number of hydrogen-bond acceptors (Lipinski definition) is 6. The quantitative estimate of drug-likeness (QED) is 0.253. The summed E-state index contributed by atoms with van der Waals surface area (Å²) in [7, 11) is 0. The minimum Gasteiger partial charge on any atom is -0.457 e. The maximum Gasteiger partial charge on any atom is 0.338 e. The molecule has 8 heteroatoms. The molecule has 3 rings (SSSR count). The number of aliphatic hydroxyl groups excluding tert-OH is 1. The van der Waals surface area contributed by atoms with E-state index in [1.165, 1.54) is 0 Å². The van der Waals surface area contributed by atoms with Crippen LogP contribution in [0.25, 0.3) is 0 Å². The van der Waals surface area contributed by atoms with Gasteiger partial charge in [0.25, 0.3) is 0 Å². The Bertz CT molecular complexity index is 1140. The second kappa shape index (κ2) is 14.4. The van der Waals surface area contributed by atoms with Gasteiger partial charge in [-0.05, 0) is 48.4 Å². The van der Waals surface area contributed by atoms with Gasteiger partial charge >= 0.3 is 5.97 Å². The molecule has 2 aromatic carbocycles. The standard InChI is InChI=1S/C32H45N3O5/c1-5-6-16-34-30(38)22(2)17-28(36)26(33)19-32(3,4)20-29(37)35-21-25(18-24-14-10-11-15-27(24)35)40-31(39)23-12-8-7-9-13-23/h7-15,22,25-26,28,36H,5-6,16-21,33H2,1-4H3,(H,34,38)/t22-,25?,26+,28+/m1/s1. The lowest BCUT2D eigenvalue weighted by Crippen LogP contribution is -2.46. The van der Waals surface area contributed by atoms with Crippen LogP contribution >= 0.6 is 0 Å². The van der Waals surface area contributed by atoms with E-state index in [9.17, 15) is 19.5 Å². The van der Waals surface area contributed by atoms with Gasteiger partial charge in [-0.15, -0.1) is 0 Å². The average Bonchev–Trinajstić information content (AvgIpc) is 2.92. The Morgan fingerprint density at radius 1 is 1.12 bits per heavy atom. The molecule has 1 unspecified atom stereocenters. The molecule has 40 heavy (non-hydrogen) atoms. The van der Waals surface area contributed by atoms with Crippen LogP contribution < -0.4 is 16.0 Å². The van der Waals surface area contributed by atoms with E-state index in [0.29, 0.717) is 24.9 Å². The van der Waals surface area contributed by atoms with E-state index in [2.05, 4.69) is 12.2 Å². The molecule has 4 atom stereocenters. The minimum atomic E-state index is -0.862. The Balaban J connectivity index is 1.61. The summed E-state index contributed by atoms with van der Waals surface area (Å²) in [5.74, 6) is -0.947. The molecule has 1 aliphatic heterocycles. The summed E-state index contributed by atoms with van der Waals surface area (Å²) in [4.78, 5) is 40.4. The van der Waals surface area contributed by atoms with Crippen molar-refractivity contribution < 1.29 is 24.2 Å². The highest BCUT2D eigenvalue weighted by atomic mass is 16.5. The Morgan fingerprint density at radius 3 is 2.50 bits per heavy atom. The topological polar surface area (TPSA) is 122 Å². The summed E-state index contributed by atoms with van der Waals surface area (Å²) in [5, 5.41) is 13.6. The normalized spacial score (nSPS) is 17.4. The lowest BCUT2D eigenvalue weighted by atomic mass is 9.79. The summed E-state index contributed by atoms with van der Waals surface area (Å²) < 4.78 is 5.81. The van der Waals surface area contributed by atoms with Crippen molar-refractivity contribution in [3.8, 4) is 0 Å². The van der Waals surface area contributed by atoms with Crippen LogP contribution in [0.2, 0.25) is 0 Å². The zero-order chi connectivity index (χ0) is 29.3. The first kappa shape index (κ1) is 31.3. The summed E-state index contributed by atoms with van der Waals surface area (Å²) in [6.07, 6.45) is 1.99. The summed E-state index contributed by atoms with van der Waals surface area (Å²) in [5.41, 5.74) is 8.11. The molecular weight excluding hydrogens is 506 g/mol. The number of benzene rings is 2. The van der Waals surface area contributed by atoms with Crippen LogP contribution in [0.1, 0.15) is 75.7 Å². The molecule has 0 fully saturated rings. The van der Waals surface area contributed by atoms with Gasteiger partial charge in [-0.2, -0.15) is 0 Å². The van der Waals surface area contributed by atoms with Crippen LogP contribution in [-0.2, 0) is 20.7 Å². The Morgan fingerprint density at radius 2 is 1.80 bits per heavy atom. The highest BCUT2D eigenvalue weighted by molar-refractivity contribution is 5.95. The fraction of sp³-hybridized carbons (Fsp3) is 0.531. The molecule has 2 amide bonds. The van der Waals surface area contributed by atoms with Crippen LogP contribution in [0.5, 0.6) is 0 Å². The van der Waals surface area contributed by atoms with Crippen molar-refractivity contribution >= 4 is 23.5 Å². The van der Waals surface area contributed by atoms with E-state index in [1.807, 2.05) is 44.2 Å². The average molecular weight is 552 g/mol. The van der Waals surface area contributed by atoms with E-state index in [-0.39, 0.29) is 37.1 Å². The van der Waals surface area contributed by atoms with Crippen LogP contribution in [0.3, 0.4) is 0 Å². The molecule has 0 saturated heterocycles. The lowest BCUT2D eigenvalue weighted by Gasteiger charge is -2.37. The van der Waals surface area contributed by atoms with Crippen molar-refractivity contribution in [2.45, 2.75) is 84.5 Å². The first-order valence-electron chi connectivity index (χ1n) is 14.4. The third-order valence-corrected chi connectivity index (χ3v) is 7.48. The van der Waals surface area contributed by atoms with Gasteiger partial charge in [0.15, 0.2) is 0 Å². The molecule has 218 valence electrons. The molecule has 0 radical (unpaired) electrons. The van der Waals surface area contributed by atoms with Crippen molar-refractivity contribution in [2.24, 2.45) is 17.1 Å². The first-order valence-corrected chi connectivity index (χ1v) is 14.4. The Labute approximate surface area is 238 Å². The number of esters is 1. The third kappa shape index (κ3) is 8.89. The van der Waals surface area contributed by atoms with Crippen molar-refractivity contribution in [1.82, 2.24) is 5.32 Å². The van der Waals surface area contributed by atoms with Crippen molar-refractivity contribution in [2.75, 3.05) is 18.0 Å². The van der Waals surface area contributed by atoms with Crippen LogP contribution in [0.15, 0.2) is 54.6 Å². The van der Waals surface area contributed by atoms with E-state index in [0.717, 1.165) is 24.1 Å². The number of para-hydroxylation sites is 1. The first-order chi connectivity index (χ1) is 19.0. The van der Waals surface area contributed by atoms with Gasteiger partial charge in [-0.3, -0.25) is 9.59 Å². The molecule has 1 aliphatic rings. The van der Waals surface area contributed by atoms with Gasteiger partial charge in [0.05, 0.1) is 18.2 Å². The zero-order valence-corrected chi connectivity index (χ0v) is 24.3. The second-order valence-electron chi connectivity index (χ2n) is 11.8. The van der Waals surface area contributed by atoms with Gasteiger partial charge in [0.1, 0.15) is 6.10 Å². The number of nitrogens with one attached hydrogen (secondary N) is 1. The fourth-order valence-corrected chi connectivity index (χ4v) is 5.23. The van der Waals surface area contributed by atoms with E-state index < -0.39 is 29.6 Å². The van der Waals surface area contributed by atoms with Gasteiger partial charge in [0, 0.05) is 37.0 Å². The van der Waals surface area contributed by atoms with E-state index in [1.54, 1.807) is 36.1 Å². The molecule has 0 saturated carbocycles. The molecule has 0 bridgehead atoms. The second-order valence-corrected chi connectivity index (χ2v) is 11.8. The zero-order valence-electron chi connectivity index (χ0n) is 24.3. The van der Waals surface area contributed by atoms with Crippen LogP contribution in [0.4, 0.5) is 5.69 Å². The maximum atomic E-state index is 13.7. The monoisotopic (exact) mass is 551 g/mol. The summed E-state index contributed by atoms with van der Waals surface area (Å²) >= 11 is 0. The maximum absolute atomic E-state index is 13.7. The van der Waals surface area contributed by atoms with E-state index >= 15 is 0 Å². The summed E-state index contributed by atoms with van der Waals surface area (Å²) in [6.45, 7) is 8.67. The Hall–Kier alpha value is -3.23. The van der Waals surface area contributed by atoms with Crippen molar-refractivity contribution in [1.29, 1.82) is 0 Å².